The van der Waals surface area contributed by atoms with Crippen LogP contribution in [0.3, 0.4) is 0 Å². The van der Waals surface area contributed by atoms with Gasteiger partial charge in [0.1, 0.15) is 23.6 Å². The monoisotopic (exact) mass is 412 g/mol. The lowest BCUT2D eigenvalue weighted by molar-refractivity contribution is 0.216. The number of piperidine rings is 1. The lowest BCUT2D eigenvalue weighted by Crippen LogP contribution is -2.47. The molecule has 0 unspecified atom stereocenters. The Morgan fingerprint density at radius 1 is 1.14 bits per heavy atom. The lowest BCUT2D eigenvalue weighted by atomic mass is 9.75. The molecule has 0 spiro atoms. The Kier molecular flexibility index (Phi) is 4.06. The third-order valence-electron chi connectivity index (χ3n) is 6.38. The fourth-order valence-electron chi connectivity index (χ4n) is 4.81. The zero-order valence-corrected chi connectivity index (χ0v) is 17.4. The molecule has 3 aromatic heterocycles. The molecule has 29 heavy (non-hydrogen) atoms. The summed E-state index contributed by atoms with van der Waals surface area (Å²) >= 11 is 0. The van der Waals surface area contributed by atoms with Crippen LogP contribution >= 0.6 is 0 Å². The first-order valence-corrected chi connectivity index (χ1v) is 11.7. The molecule has 8 nitrogen and oxygen atoms in total. The van der Waals surface area contributed by atoms with E-state index in [1.54, 1.807) is 12.4 Å². The Balaban J connectivity index is 1.38. The maximum Gasteiger partial charge on any atom is 0.177 e. The van der Waals surface area contributed by atoms with Crippen LogP contribution in [0.25, 0.3) is 11.0 Å². The van der Waals surface area contributed by atoms with Gasteiger partial charge in [0, 0.05) is 50.2 Å². The van der Waals surface area contributed by atoms with E-state index in [1.807, 2.05) is 18.3 Å². The highest BCUT2D eigenvalue weighted by Crippen LogP contribution is 2.44. The first-order valence-electron chi connectivity index (χ1n) is 9.78. The summed E-state index contributed by atoms with van der Waals surface area (Å²) in [7, 11) is -3.23. The van der Waals surface area contributed by atoms with Gasteiger partial charge in [0.05, 0.1) is 10.3 Å². The number of anilines is 2. The van der Waals surface area contributed by atoms with Crippen LogP contribution in [0.4, 0.5) is 11.6 Å². The number of pyridine rings is 1. The van der Waals surface area contributed by atoms with Crippen LogP contribution in [0, 0.1) is 11.3 Å². The molecule has 0 saturated carbocycles. The number of sulfone groups is 1. The van der Waals surface area contributed by atoms with Gasteiger partial charge in [0.2, 0.25) is 0 Å². The summed E-state index contributed by atoms with van der Waals surface area (Å²) in [4.78, 5) is 21.4. The van der Waals surface area contributed by atoms with Crippen molar-refractivity contribution in [3.63, 3.8) is 0 Å². The van der Waals surface area contributed by atoms with E-state index in [9.17, 15) is 8.42 Å². The van der Waals surface area contributed by atoms with E-state index in [0.29, 0.717) is 5.92 Å². The van der Waals surface area contributed by atoms with Crippen LogP contribution < -0.4 is 9.80 Å². The van der Waals surface area contributed by atoms with Gasteiger partial charge in [0.25, 0.3) is 0 Å². The first-order chi connectivity index (χ1) is 13.8. The highest BCUT2D eigenvalue weighted by atomic mass is 32.2. The van der Waals surface area contributed by atoms with E-state index in [1.165, 1.54) is 12.5 Å². The molecule has 2 fully saturated rings. The fraction of sp³-hybridized carbons (Fsp3) is 0.450. The van der Waals surface area contributed by atoms with Crippen LogP contribution in [0.2, 0.25) is 0 Å². The molecule has 0 amide bonds. The molecule has 2 saturated heterocycles. The van der Waals surface area contributed by atoms with Crippen molar-refractivity contribution in [3.8, 4) is 0 Å². The summed E-state index contributed by atoms with van der Waals surface area (Å²) in [6.45, 7) is 6.06. The summed E-state index contributed by atoms with van der Waals surface area (Å²) < 4.78 is 23.4. The quantitative estimate of drug-likeness (QED) is 0.704. The van der Waals surface area contributed by atoms with Crippen molar-refractivity contribution in [2.45, 2.75) is 18.2 Å². The molecule has 2 atom stereocenters. The average Bonchev–Trinajstić information content (AvgIpc) is 3.30. The van der Waals surface area contributed by atoms with Gasteiger partial charge >= 0.3 is 0 Å². The van der Waals surface area contributed by atoms with Crippen LogP contribution in [-0.4, -0.2) is 60.8 Å². The number of nitrogens with one attached hydrogen (secondary N) is 1. The molecule has 2 aliphatic heterocycles. The molecule has 9 heteroatoms. The number of H-pyrrole nitrogens is 1. The van der Waals surface area contributed by atoms with E-state index in [4.69, 9.17) is 0 Å². The molecule has 0 aromatic carbocycles. The number of hydrogen-bond acceptors (Lipinski definition) is 7. The number of aromatic amines is 1. The average molecular weight is 413 g/mol. The molecule has 1 N–H and O–H groups in total. The topological polar surface area (TPSA) is 95.1 Å². The molecule has 152 valence electrons. The third-order valence-corrected chi connectivity index (χ3v) is 7.48. The smallest absolute Gasteiger partial charge is 0.177 e. The highest BCUT2D eigenvalue weighted by molar-refractivity contribution is 7.90. The van der Waals surface area contributed by atoms with Crippen molar-refractivity contribution < 1.29 is 8.42 Å². The van der Waals surface area contributed by atoms with E-state index < -0.39 is 9.84 Å². The molecular formula is C20H24N6O2S. The Bertz CT molecular complexity index is 1160. The molecule has 5 rings (SSSR count). The Morgan fingerprint density at radius 3 is 2.72 bits per heavy atom. The minimum absolute atomic E-state index is 0.114. The van der Waals surface area contributed by atoms with Gasteiger partial charge < -0.3 is 14.8 Å². The lowest BCUT2D eigenvalue weighted by Gasteiger charge is -2.42. The number of aromatic nitrogens is 4. The molecular weight excluding hydrogens is 388 g/mol. The van der Waals surface area contributed by atoms with E-state index in [2.05, 4.69) is 36.7 Å². The summed E-state index contributed by atoms with van der Waals surface area (Å²) in [5, 5.41) is 1.06. The predicted octanol–water partition coefficient (Wildman–Crippen LogP) is 2.11. The predicted molar refractivity (Wildman–Crippen MR) is 112 cm³/mol. The van der Waals surface area contributed by atoms with Crippen molar-refractivity contribution in [1.29, 1.82) is 0 Å². The van der Waals surface area contributed by atoms with Crippen molar-refractivity contribution in [1.82, 2.24) is 19.9 Å². The third kappa shape index (κ3) is 3.13. The van der Waals surface area contributed by atoms with E-state index >= 15 is 0 Å². The normalized spacial score (nSPS) is 24.8. The summed E-state index contributed by atoms with van der Waals surface area (Å²) in [6, 6.07) is 5.51. The number of hydrogen-bond donors (Lipinski definition) is 1. The van der Waals surface area contributed by atoms with Crippen LogP contribution in [0.5, 0.6) is 0 Å². The van der Waals surface area contributed by atoms with Crippen LogP contribution in [-0.2, 0) is 9.84 Å². The zero-order chi connectivity index (χ0) is 20.2. The van der Waals surface area contributed by atoms with Gasteiger partial charge in [-0.1, -0.05) is 6.92 Å². The van der Waals surface area contributed by atoms with Gasteiger partial charge in [-0.15, -0.1) is 0 Å². The van der Waals surface area contributed by atoms with Crippen LogP contribution in [0.15, 0.2) is 41.8 Å². The largest absolute Gasteiger partial charge is 0.356 e. The maximum atomic E-state index is 11.7. The summed E-state index contributed by atoms with van der Waals surface area (Å²) in [5.74, 6) is 2.40. The van der Waals surface area contributed by atoms with Crippen molar-refractivity contribution in [3.05, 3.63) is 36.9 Å². The van der Waals surface area contributed by atoms with Crippen LogP contribution in [0.1, 0.15) is 13.3 Å². The molecule has 3 aromatic rings. The number of fused-ring (bicyclic) bond motifs is 2. The SMILES string of the molecule is C[C@]12CN(c3ccc(S(C)(=O)=O)cn3)C[C@H]1CCN(c1ncnc3[nH]ccc13)C2. The van der Waals surface area contributed by atoms with E-state index in [0.717, 1.165) is 55.3 Å². The van der Waals surface area contributed by atoms with Crippen molar-refractivity contribution in [2.24, 2.45) is 11.3 Å². The van der Waals surface area contributed by atoms with Crippen molar-refractivity contribution in [2.75, 3.05) is 42.2 Å². The van der Waals surface area contributed by atoms with Gasteiger partial charge in [0.15, 0.2) is 9.84 Å². The highest BCUT2D eigenvalue weighted by Gasteiger charge is 2.47. The molecule has 0 radical (unpaired) electrons. The summed E-state index contributed by atoms with van der Waals surface area (Å²) in [6.07, 6.45) is 7.28. The molecule has 5 heterocycles. The summed E-state index contributed by atoms with van der Waals surface area (Å²) in [5.41, 5.74) is 0.980. The second kappa shape index (κ2) is 6.41. The second-order valence-electron chi connectivity index (χ2n) is 8.50. The maximum absolute atomic E-state index is 11.7. The van der Waals surface area contributed by atoms with Gasteiger partial charge in [-0.2, -0.15) is 0 Å². The molecule has 0 bridgehead atoms. The Morgan fingerprint density at radius 2 is 1.97 bits per heavy atom. The Hall–Kier alpha value is -2.68. The number of nitrogens with zero attached hydrogens (tertiary/aromatic N) is 5. The van der Waals surface area contributed by atoms with Gasteiger partial charge in [-0.25, -0.2) is 23.4 Å². The van der Waals surface area contributed by atoms with Gasteiger partial charge in [-0.05, 0) is 30.5 Å². The van der Waals surface area contributed by atoms with Gasteiger partial charge in [-0.3, -0.25) is 0 Å². The van der Waals surface area contributed by atoms with Crippen molar-refractivity contribution >= 4 is 32.5 Å². The minimum Gasteiger partial charge on any atom is -0.356 e. The molecule has 2 aliphatic rings. The zero-order valence-electron chi connectivity index (χ0n) is 16.5. The fourth-order valence-corrected chi connectivity index (χ4v) is 5.37. The standard InChI is InChI=1S/C20H24N6O2S/c1-20-11-25(19-16-5-7-21-18(16)23-13-24-19)8-6-14(20)10-26(12-20)17-4-3-15(9-22-17)29(2,27)28/h3-5,7,9,13-14H,6,8,10-12H2,1-2H3,(H,21,23,24)/t14-,20+/m1/s1. The second-order valence-corrected chi connectivity index (χ2v) is 10.5. The Labute approximate surface area is 169 Å². The molecule has 0 aliphatic carbocycles. The van der Waals surface area contributed by atoms with E-state index in [-0.39, 0.29) is 10.3 Å². The number of rotatable bonds is 3. The first kappa shape index (κ1) is 18.4. The minimum atomic E-state index is -3.23.